The van der Waals surface area contributed by atoms with E-state index in [0.717, 1.165) is 15.3 Å². The number of rotatable bonds is 1. The molecule has 0 nitrogen and oxygen atoms in total. The van der Waals surface area contributed by atoms with Crippen LogP contribution in [0, 0.1) is 0 Å². The molecule has 0 atom stereocenters. The molecule has 1 aromatic carbocycles. The Bertz CT molecular complexity index is 215. The summed E-state index contributed by atoms with van der Waals surface area (Å²) in [4.78, 5) is 0. The molecule has 0 aliphatic rings. The Morgan fingerprint density at radius 2 is 2.00 bits per heavy atom. The van der Waals surface area contributed by atoms with Gasteiger partial charge in [-0.05, 0) is 11.6 Å². The quantitative estimate of drug-likeness (QED) is 0.536. The van der Waals surface area contributed by atoms with E-state index in [2.05, 4.69) is 31.9 Å². The van der Waals surface area contributed by atoms with Crippen LogP contribution in [0.1, 0.15) is 5.56 Å². The predicted molar refractivity (Wildman–Crippen MR) is 52.2 cm³/mol. The van der Waals surface area contributed by atoms with Gasteiger partial charge in [-0.25, -0.2) is 0 Å². The maximum atomic E-state index is 5.58. The van der Waals surface area contributed by atoms with Crippen molar-refractivity contribution in [2.45, 2.75) is 5.33 Å². The van der Waals surface area contributed by atoms with Crippen LogP contribution >= 0.6 is 31.9 Å². The van der Waals surface area contributed by atoms with Gasteiger partial charge in [-0.3, -0.25) is 0 Å². The van der Waals surface area contributed by atoms with Crippen LogP contribution in [0.25, 0.3) is 0 Å². The lowest BCUT2D eigenvalue weighted by Crippen LogP contribution is -2.02. The van der Waals surface area contributed by atoms with E-state index in [0.29, 0.717) is 0 Å². The van der Waals surface area contributed by atoms with Gasteiger partial charge >= 0.3 is 0 Å². The molecule has 1 rings (SSSR count). The number of hydrogen-bond donors (Lipinski definition) is 0. The summed E-state index contributed by atoms with van der Waals surface area (Å²) in [6, 6.07) is 5.86. The fourth-order valence-corrected chi connectivity index (χ4v) is 1.63. The molecule has 0 unspecified atom stereocenters. The van der Waals surface area contributed by atoms with Gasteiger partial charge in [0.2, 0.25) is 0 Å². The molecular weight excluding hydrogens is 255 g/mol. The van der Waals surface area contributed by atoms with Crippen LogP contribution in [0.3, 0.4) is 0 Å². The van der Waals surface area contributed by atoms with Crippen LogP contribution in [-0.4, -0.2) is 7.85 Å². The van der Waals surface area contributed by atoms with Gasteiger partial charge in [0.15, 0.2) is 0 Å². The van der Waals surface area contributed by atoms with Crippen molar-refractivity contribution >= 4 is 45.2 Å². The second-order valence-electron chi connectivity index (χ2n) is 2.03. The standard InChI is InChI=1S/C7H5BBr2/c8-6-1-5(4-9)2-7(10)3-6/h1-3H,4H2. The third-order valence-electron chi connectivity index (χ3n) is 1.13. The SMILES string of the molecule is [B]c1cc(Br)cc(CBr)c1. The molecule has 0 aliphatic carbocycles. The summed E-state index contributed by atoms with van der Waals surface area (Å²) in [6.07, 6.45) is 0. The molecule has 0 N–H and O–H groups in total. The highest BCUT2D eigenvalue weighted by Gasteiger charge is 1.92. The van der Waals surface area contributed by atoms with E-state index < -0.39 is 0 Å². The summed E-state index contributed by atoms with van der Waals surface area (Å²) in [7, 11) is 5.58. The average Bonchev–Trinajstić information content (AvgIpc) is 1.85. The van der Waals surface area contributed by atoms with Crippen molar-refractivity contribution in [2.75, 3.05) is 0 Å². The number of halogens is 2. The summed E-state index contributed by atoms with van der Waals surface area (Å²) in [5.74, 6) is 0. The number of hydrogen-bond acceptors (Lipinski definition) is 0. The first-order valence-electron chi connectivity index (χ1n) is 2.83. The maximum absolute atomic E-state index is 5.58. The normalized spacial score (nSPS) is 9.80. The molecule has 3 heteroatoms. The minimum absolute atomic E-state index is 0.795. The average molecular weight is 260 g/mol. The molecule has 0 fully saturated rings. The highest BCUT2D eigenvalue weighted by atomic mass is 79.9. The minimum Gasteiger partial charge on any atom is -0.0953 e. The second-order valence-corrected chi connectivity index (χ2v) is 3.50. The molecule has 0 saturated carbocycles. The monoisotopic (exact) mass is 258 g/mol. The van der Waals surface area contributed by atoms with Crippen molar-refractivity contribution in [3.05, 3.63) is 28.2 Å². The Balaban J connectivity index is 3.06. The Labute approximate surface area is 78.7 Å². The van der Waals surface area contributed by atoms with Gasteiger partial charge < -0.3 is 0 Å². The fourth-order valence-electron chi connectivity index (χ4n) is 0.753. The van der Waals surface area contributed by atoms with Crippen molar-refractivity contribution in [3.63, 3.8) is 0 Å². The molecule has 0 aliphatic heterocycles. The van der Waals surface area contributed by atoms with Crippen LogP contribution in [0.4, 0.5) is 0 Å². The van der Waals surface area contributed by atoms with Gasteiger partial charge in [0.1, 0.15) is 7.85 Å². The fraction of sp³-hybridized carbons (Fsp3) is 0.143. The summed E-state index contributed by atoms with van der Waals surface area (Å²) in [5.41, 5.74) is 1.98. The Morgan fingerprint density at radius 1 is 1.30 bits per heavy atom. The van der Waals surface area contributed by atoms with E-state index in [1.807, 2.05) is 18.2 Å². The third-order valence-corrected chi connectivity index (χ3v) is 2.24. The third kappa shape index (κ3) is 2.13. The zero-order chi connectivity index (χ0) is 7.56. The van der Waals surface area contributed by atoms with Crippen molar-refractivity contribution in [1.29, 1.82) is 0 Å². The summed E-state index contributed by atoms with van der Waals surface area (Å²) < 4.78 is 1.03. The Hall–Kier alpha value is 0.245. The van der Waals surface area contributed by atoms with Crippen LogP contribution in [0.15, 0.2) is 22.7 Å². The molecular formula is C7H5BBr2. The lowest BCUT2D eigenvalue weighted by Gasteiger charge is -1.98. The molecule has 0 amide bonds. The molecule has 0 aromatic heterocycles. The van der Waals surface area contributed by atoms with Crippen molar-refractivity contribution in [1.82, 2.24) is 0 Å². The van der Waals surface area contributed by atoms with E-state index in [-0.39, 0.29) is 0 Å². The van der Waals surface area contributed by atoms with E-state index in [9.17, 15) is 0 Å². The van der Waals surface area contributed by atoms with Crippen molar-refractivity contribution < 1.29 is 0 Å². The van der Waals surface area contributed by atoms with Gasteiger partial charge in [0.25, 0.3) is 0 Å². The van der Waals surface area contributed by atoms with Gasteiger partial charge in [-0.2, -0.15) is 0 Å². The zero-order valence-electron chi connectivity index (χ0n) is 5.27. The van der Waals surface area contributed by atoms with Crippen LogP contribution in [-0.2, 0) is 5.33 Å². The molecule has 0 heterocycles. The lowest BCUT2D eigenvalue weighted by atomic mass is 9.95. The highest BCUT2D eigenvalue weighted by Crippen LogP contribution is 2.11. The maximum Gasteiger partial charge on any atom is 0.113 e. The second kappa shape index (κ2) is 3.58. The minimum atomic E-state index is 0.795. The van der Waals surface area contributed by atoms with E-state index in [4.69, 9.17) is 7.85 Å². The summed E-state index contributed by atoms with van der Waals surface area (Å²) in [6.45, 7) is 0. The largest absolute Gasteiger partial charge is 0.113 e. The molecule has 10 heavy (non-hydrogen) atoms. The molecule has 0 bridgehead atoms. The highest BCUT2D eigenvalue weighted by molar-refractivity contribution is 9.10. The Morgan fingerprint density at radius 3 is 2.50 bits per heavy atom. The van der Waals surface area contributed by atoms with E-state index in [1.54, 1.807) is 0 Å². The summed E-state index contributed by atoms with van der Waals surface area (Å²) in [5, 5.41) is 0.844. The van der Waals surface area contributed by atoms with E-state index in [1.165, 1.54) is 5.56 Å². The lowest BCUT2D eigenvalue weighted by molar-refractivity contribution is 1.44. The van der Waals surface area contributed by atoms with Gasteiger partial charge in [-0.1, -0.05) is 49.5 Å². The first kappa shape index (κ1) is 8.34. The van der Waals surface area contributed by atoms with Gasteiger partial charge in [0, 0.05) is 9.80 Å². The first-order valence-corrected chi connectivity index (χ1v) is 4.74. The number of alkyl halides is 1. The molecule has 0 saturated heterocycles. The van der Waals surface area contributed by atoms with Gasteiger partial charge in [-0.15, -0.1) is 0 Å². The van der Waals surface area contributed by atoms with Crippen LogP contribution in [0.5, 0.6) is 0 Å². The molecule has 0 spiro atoms. The molecule has 50 valence electrons. The van der Waals surface area contributed by atoms with Crippen molar-refractivity contribution in [3.8, 4) is 0 Å². The smallest absolute Gasteiger partial charge is 0.0953 e. The summed E-state index contributed by atoms with van der Waals surface area (Å²) >= 11 is 6.70. The zero-order valence-corrected chi connectivity index (χ0v) is 8.44. The van der Waals surface area contributed by atoms with Crippen LogP contribution in [0.2, 0.25) is 0 Å². The van der Waals surface area contributed by atoms with Gasteiger partial charge in [0.05, 0.1) is 0 Å². The number of benzene rings is 1. The molecule has 2 radical (unpaired) electrons. The molecule has 1 aromatic rings. The first-order chi connectivity index (χ1) is 4.72. The topological polar surface area (TPSA) is 0 Å². The predicted octanol–water partition coefficient (Wildman–Crippen LogP) is 2.14. The Kier molecular flexibility index (Phi) is 2.99. The van der Waals surface area contributed by atoms with Crippen molar-refractivity contribution in [2.24, 2.45) is 0 Å². The van der Waals surface area contributed by atoms with Crippen LogP contribution < -0.4 is 5.46 Å². The van der Waals surface area contributed by atoms with E-state index >= 15 is 0 Å².